The molecule has 1 unspecified atom stereocenters. The zero-order chi connectivity index (χ0) is 19.0. The number of carbonyl (C=O) groups excluding carboxylic acids is 1. The number of carbonyl (C=O) groups is 1. The number of para-hydroxylation sites is 2. The number of alkyl halides is 3. The number of H-pyrrole nitrogens is 1. The minimum Gasteiger partial charge on any atom is -0.342 e. The maximum absolute atomic E-state index is 13.8. The molecular weight excluding hydrogens is 361 g/mol. The Morgan fingerprint density at radius 3 is 2.59 bits per heavy atom. The molecule has 3 heterocycles. The van der Waals surface area contributed by atoms with Crippen LogP contribution in [0.4, 0.5) is 13.2 Å². The molecule has 10 heteroatoms. The molecule has 0 bridgehead atoms. The summed E-state index contributed by atoms with van der Waals surface area (Å²) in [6.07, 6.45) is -3.02. The van der Waals surface area contributed by atoms with Gasteiger partial charge in [-0.25, -0.2) is 9.97 Å². The summed E-state index contributed by atoms with van der Waals surface area (Å²) < 4.78 is 42.3. The van der Waals surface area contributed by atoms with Crippen molar-refractivity contribution in [3.8, 4) is 0 Å². The van der Waals surface area contributed by atoms with E-state index in [4.69, 9.17) is 0 Å². The van der Waals surface area contributed by atoms with Gasteiger partial charge in [-0.3, -0.25) is 14.3 Å². The number of ketones is 1. The molecule has 0 saturated carbocycles. The van der Waals surface area contributed by atoms with Crippen LogP contribution >= 0.6 is 0 Å². The van der Waals surface area contributed by atoms with E-state index in [0.717, 1.165) is 4.57 Å². The van der Waals surface area contributed by atoms with Crippen molar-refractivity contribution in [1.29, 1.82) is 0 Å². The van der Waals surface area contributed by atoms with Crippen LogP contribution in [-0.2, 0) is 6.18 Å². The molecule has 4 rings (SSSR count). The fourth-order valence-corrected chi connectivity index (χ4v) is 3.39. The highest BCUT2D eigenvalue weighted by molar-refractivity contribution is 5.96. The summed E-state index contributed by atoms with van der Waals surface area (Å²) in [5.41, 5.74) is 0.450. The number of aromatic amines is 1. The van der Waals surface area contributed by atoms with E-state index in [2.05, 4.69) is 20.3 Å². The van der Waals surface area contributed by atoms with E-state index in [9.17, 15) is 18.0 Å². The molecule has 142 valence electrons. The first-order chi connectivity index (χ1) is 13.0. The first kappa shape index (κ1) is 17.7. The largest absolute Gasteiger partial charge is 0.449 e. The van der Waals surface area contributed by atoms with Crippen LogP contribution in [0.1, 0.15) is 22.6 Å². The average Bonchev–Trinajstić information content (AvgIpc) is 3.31. The highest BCUT2D eigenvalue weighted by atomic mass is 19.4. The second-order valence-corrected chi connectivity index (χ2v) is 6.25. The van der Waals surface area contributed by atoms with Crippen molar-refractivity contribution in [2.24, 2.45) is 0 Å². The monoisotopic (exact) mass is 378 g/mol. The number of hydrogen-bond acceptors (Lipinski definition) is 5. The van der Waals surface area contributed by atoms with Gasteiger partial charge in [0.25, 0.3) is 0 Å². The Bertz CT molecular complexity index is 943. The number of imidazole rings is 2. The number of fused-ring (bicyclic) bond motifs is 1. The van der Waals surface area contributed by atoms with Crippen LogP contribution in [0.25, 0.3) is 11.0 Å². The Morgan fingerprint density at radius 1 is 1.19 bits per heavy atom. The lowest BCUT2D eigenvalue weighted by Crippen LogP contribution is -2.49. The molecule has 0 spiro atoms. The Morgan fingerprint density at radius 2 is 1.93 bits per heavy atom. The number of Topliss-reactive ketones (excluding diaryl/α,β-unsaturated/α-hetero) is 1. The fraction of sp³-hybridized carbons (Fsp3) is 0.353. The number of halogens is 3. The van der Waals surface area contributed by atoms with E-state index in [1.54, 1.807) is 23.1 Å². The van der Waals surface area contributed by atoms with Crippen molar-refractivity contribution >= 4 is 16.8 Å². The third kappa shape index (κ3) is 3.21. The summed E-state index contributed by atoms with van der Waals surface area (Å²) in [5.74, 6) is -1.60. The molecule has 0 aliphatic carbocycles. The van der Waals surface area contributed by atoms with Crippen LogP contribution in [0.5, 0.6) is 0 Å². The number of piperazine rings is 1. The van der Waals surface area contributed by atoms with E-state index in [1.807, 2.05) is 0 Å². The number of aromatic nitrogens is 4. The Balaban J connectivity index is 1.93. The highest BCUT2D eigenvalue weighted by Gasteiger charge is 2.43. The smallest absolute Gasteiger partial charge is 0.342 e. The topological polar surface area (TPSA) is 78.8 Å². The lowest BCUT2D eigenvalue weighted by Gasteiger charge is -2.35. The predicted molar refractivity (Wildman–Crippen MR) is 91.1 cm³/mol. The van der Waals surface area contributed by atoms with E-state index in [-0.39, 0.29) is 16.9 Å². The van der Waals surface area contributed by atoms with E-state index in [1.165, 1.54) is 18.5 Å². The normalized spacial score (nSPS) is 17.3. The van der Waals surface area contributed by atoms with Gasteiger partial charge in [0.05, 0.1) is 11.0 Å². The third-order valence-corrected chi connectivity index (χ3v) is 4.56. The lowest BCUT2D eigenvalue weighted by atomic mass is 10.2. The van der Waals surface area contributed by atoms with Crippen LogP contribution in [0, 0.1) is 0 Å². The zero-order valence-electron chi connectivity index (χ0n) is 14.2. The third-order valence-electron chi connectivity index (χ3n) is 4.56. The summed E-state index contributed by atoms with van der Waals surface area (Å²) in [6.45, 7) is 2.02. The first-order valence-corrected chi connectivity index (χ1v) is 8.49. The second kappa shape index (κ2) is 6.78. The molecule has 3 aromatic rings. The van der Waals surface area contributed by atoms with Gasteiger partial charge in [-0.1, -0.05) is 12.1 Å². The van der Waals surface area contributed by atoms with Gasteiger partial charge >= 0.3 is 6.18 Å². The zero-order valence-corrected chi connectivity index (χ0v) is 14.2. The molecule has 0 amide bonds. The Labute approximate surface area is 152 Å². The van der Waals surface area contributed by atoms with Crippen molar-refractivity contribution in [3.05, 3.63) is 48.3 Å². The Kier molecular flexibility index (Phi) is 4.44. The van der Waals surface area contributed by atoms with Gasteiger partial charge < -0.3 is 10.3 Å². The summed E-state index contributed by atoms with van der Waals surface area (Å²) in [4.78, 5) is 25.3. The van der Waals surface area contributed by atoms with Gasteiger partial charge in [-0.15, -0.1) is 0 Å². The second-order valence-electron chi connectivity index (χ2n) is 6.25. The maximum atomic E-state index is 13.8. The van der Waals surface area contributed by atoms with Crippen molar-refractivity contribution < 1.29 is 18.0 Å². The van der Waals surface area contributed by atoms with Gasteiger partial charge in [0, 0.05) is 38.6 Å². The van der Waals surface area contributed by atoms with Crippen LogP contribution in [0.15, 0.2) is 36.7 Å². The van der Waals surface area contributed by atoms with Crippen molar-refractivity contribution in [3.63, 3.8) is 0 Å². The quantitative estimate of drug-likeness (QED) is 0.680. The van der Waals surface area contributed by atoms with Crippen molar-refractivity contribution in [1.82, 2.24) is 29.7 Å². The fourth-order valence-electron chi connectivity index (χ4n) is 3.39. The van der Waals surface area contributed by atoms with Crippen LogP contribution in [-0.4, -0.2) is 56.4 Å². The summed E-state index contributed by atoms with van der Waals surface area (Å²) in [6, 6.07) is 6.30. The van der Waals surface area contributed by atoms with Gasteiger partial charge in [0.15, 0.2) is 12.0 Å². The molecule has 2 aromatic heterocycles. The number of nitrogens with one attached hydrogen (secondary N) is 2. The average molecular weight is 378 g/mol. The number of hydrogen-bond donors (Lipinski definition) is 2. The van der Waals surface area contributed by atoms with Crippen molar-refractivity contribution in [2.75, 3.05) is 26.2 Å². The SMILES string of the molecule is O=C(c1ncc[nH]1)C(N1CCNCC1)n1c(C(F)(F)F)nc2ccccc21. The Hall–Kier alpha value is -2.72. The molecule has 27 heavy (non-hydrogen) atoms. The summed E-state index contributed by atoms with van der Waals surface area (Å²) >= 11 is 0. The molecule has 0 radical (unpaired) electrons. The highest BCUT2D eigenvalue weighted by Crippen LogP contribution is 2.35. The van der Waals surface area contributed by atoms with Crippen LogP contribution in [0.2, 0.25) is 0 Å². The maximum Gasteiger partial charge on any atom is 0.449 e. The molecule has 7 nitrogen and oxygen atoms in total. The number of benzene rings is 1. The minimum absolute atomic E-state index is 0.0180. The van der Waals surface area contributed by atoms with Gasteiger partial charge in [-0.2, -0.15) is 13.2 Å². The predicted octanol–water partition coefficient (Wildman–Crippen LogP) is 2.06. The minimum atomic E-state index is -4.70. The van der Waals surface area contributed by atoms with E-state index in [0.29, 0.717) is 26.2 Å². The van der Waals surface area contributed by atoms with E-state index >= 15 is 0 Å². The standard InChI is InChI=1S/C17H17F3N6O/c18-17(19,20)16-24-11-3-1-2-4-12(11)26(16)15(25-9-7-21-8-10-25)13(27)14-22-5-6-23-14/h1-6,15,21H,7-10H2,(H,22,23). The molecule has 1 atom stereocenters. The van der Waals surface area contributed by atoms with Crippen LogP contribution in [0.3, 0.4) is 0 Å². The van der Waals surface area contributed by atoms with Crippen LogP contribution < -0.4 is 5.32 Å². The first-order valence-electron chi connectivity index (χ1n) is 8.49. The summed E-state index contributed by atoms with van der Waals surface area (Å²) in [5, 5.41) is 3.15. The molecule has 2 N–H and O–H groups in total. The molecule has 1 aromatic carbocycles. The molecule has 1 aliphatic rings. The van der Waals surface area contributed by atoms with Gasteiger partial charge in [0.1, 0.15) is 0 Å². The number of rotatable bonds is 4. The lowest BCUT2D eigenvalue weighted by molar-refractivity contribution is -0.148. The van der Waals surface area contributed by atoms with E-state index < -0.39 is 23.9 Å². The van der Waals surface area contributed by atoms with Gasteiger partial charge in [-0.05, 0) is 12.1 Å². The molecule has 1 fully saturated rings. The molecule has 1 saturated heterocycles. The number of nitrogens with zero attached hydrogens (tertiary/aromatic N) is 4. The summed E-state index contributed by atoms with van der Waals surface area (Å²) in [7, 11) is 0. The van der Waals surface area contributed by atoms with Crippen molar-refractivity contribution in [2.45, 2.75) is 12.3 Å². The molecule has 1 aliphatic heterocycles. The molecular formula is C17H17F3N6O. The van der Waals surface area contributed by atoms with Gasteiger partial charge in [0.2, 0.25) is 11.6 Å².